The highest BCUT2D eigenvalue weighted by Crippen LogP contribution is 2.12. The molecule has 0 spiro atoms. The summed E-state index contributed by atoms with van der Waals surface area (Å²) in [5.74, 6) is -1.12. The van der Waals surface area contributed by atoms with Gasteiger partial charge in [0.2, 0.25) is 0 Å². The molecule has 0 unspecified atom stereocenters. The minimum Gasteiger partial charge on any atom is -0.545 e. The fourth-order valence-electron chi connectivity index (χ4n) is 1.75. The third-order valence-corrected chi connectivity index (χ3v) is 2.64. The number of aliphatic carboxylic acids is 1. The summed E-state index contributed by atoms with van der Waals surface area (Å²) in [5.41, 5.74) is 2.11. The van der Waals surface area contributed by atoms with Crippen molar-refractivity contribution < 1.29 is 9.90 Å². The van der Waals surface area contributed by atoms with Gasteiger partial charge in [0.05, 0.1) is 5.97 Å². The molecule has 2 aromatic carbocycles. The molecule has 2 nitrogen and oxygen atoms in total. The van der Waals surface area contributed by atoms with E-state index in [1.807, 2.05) is 60.7 Å². The summed E-state index contributed by atoms with van der Waals surface area (Å²) in [5, 5.41) is 11.1. The van der Waals surface area contributed by atoms with Gasteiger partial charge in [0.1, 0.15) is 0 Å². The number of carbonyl (C=O) groups excluding carboxylic acids is 1. The van der Waals surface area contributed by atoms with Crippen LogP contribution in [0.15, 0.2) is 66.2 Å². The Morgan fingerprint density at radius 1 is 0.944 bits per heavy atom. The number of hydrogen-bond acceptors (Lipinski definition) is 2. The molecule has 2 heteroatoms. The van der Waals surface area contributed by atoms with E-state index >= 15 is 0 Å². The van der Waals surface area contributed by atoms with Crippen LogP contribution in [0.25, 0.3) is 6.08 Å². The van der Waals surface area contributed by atoms with Gasteiger partial charge in [-0.3, -0.25) is 0 Å². The minimum absolute atomic E-state index is 0.285. The highest BCUT2D eigenvalue weighted by molar-refractivity contribution is 5.91. The van der Waals surface area contributed by atoms with Crippen LogP contribution in [0.3, 0.4) is 0 Å². The van der Waals surface area contributed by atoms with E-state index in [9.17, 15) is 9.90 Å². The SMILES string of the molecule is O=C([O-])/C(=C/c1ccccc1)Cc1ccccc1. The second-order valence-electron chi connectivity index (χ2n) is 4.03. The molecule has 0 aliphatic carbocycles. The van der Waals surface area contributed by atoms with E-state index in [2.05, 4.69) is 0 Å². The first-order valence-electron chi connectivity index (χ1n) is 5.76. The van der Waals surface area contributed by atoms with Crippen molar-refractivity contribution in [3.05, 3.63) is 77.4 Å². The van der Waals surface area contributed by atoms with Crippen LogP contribution in [0.1, 0.15) is 11.1 Å². The minimum atomic E-state index is -1.12. The topological polar surface area (TPSA) is 40.1 Å². The van der Waals surface area contributed by atoms with Crippen LogP contribution >= 0.6 is 0 Å². The standard InChI is InChI=1S/C16H14O2/c17-16(18)15(11-13-7-3-1-4-8-13)12-14-9-5-2-6-10-14/h1-11H,12H2,(H,17,18)/p-1/b15-11+. The average Bonchev–Trinajstić information content (AvgIpc) is 2.40. The molecule has 0 bridgehead atoms. The van der Waals surface area contributed by atoms with Crippen molar-refractivity contribution >= 4 is 12.0 Å². The van der Waals surface area contributed by atoms with Crippen LogP contribution < -0.4 is 5.11 Å². The molecule has 90 valence electrons. The Labute approximate surface area is 106 Å². The number of carboxylic acids is 1. The third-order valence-electron chi connectivity index (χ3n) is 2.64. The van der Waals surface area contributed by atoms with E-state index in [0.29, 0.717) is 6.42 Å². The van der Waals surface area contributed by atoms with Gasteiger partial charge in [-0.25, -0.2) is 0 Å². The number of hydrogen-bond donors (Lipinski definition) is 0. The van der Waals surface area contributed by atoms with Crippen LogP contribution in [-0.4, -0.2) is 5.97 Å². The van der Waals surface area contributed by atoms with Crippen molar-refractivity contribution in [1.82, 2.24) is 0 Å². The van der Waals surface area contributed by atoms with Crippen molar-refractivity contribution in [3.63, 3.8) is 0 Å². The quantitative estimate of drug-likeness (QED) is 0.764. The van der Waals surface area contributed by atoms with Crippen LogP contribution in [0.4, 0.5) is 0 Å². The molecule has 0 N–H and O–H groups in total. The van der Waals surface area contributed by atoms with Gasteiger partial charge in [0.25, 0.3) is 0 Å². The van der Waals surface area contributed by atoms with E-state index < -0.39 is 5.97 Å². The third kappa shape index (κ3) is 3.32. The highest BCUT2D eigenvalue weighted by Gasteiger charge is 2.01. The van der Waals surface area contributed by atoms with Crippen LogP contribution in [0.2, 0.25) is 0 Å². The first-order valence-corrected chi connectivity index (χ1v) is 5.76. The zero-order valence-corrected chi connectivity index (χ0v) is 9.87. The largest absolute Gasteiger partial charge is 0.545 e. The first-order chi connectivity index (χ1) is 8.75. The molecular weight excluding hydrogens is 224 g/mol. The molecule has 0 fully saturated rings. The Morgan fingerprint density at radius 2 is 1.50 bits per heavy atom. The van der Waals surface area contributed by atoms with E-state index in [1.165, 1.54) is 0 Å². The zero-order valence-electron chi connectivity index (χ0n) is 9.87. The van der Waals surface area contributed by atoms with E-state index in [0.717, 1.165) is 11.1 Å². The van der Waals surface area contributed by atoms with Gasteiger partial charge in [-0.05, 0) is 29.2 Å². The summed E-state index contributed by atoms with van der Waals surface area (Å²) < 4.78 is 0. The summed E-state index contributed by atoms with van der Waals surface area (Å²) >= 11 is 0. The molecule has 0 atom stereocenters. The highest BCUT2D eigenvalue weighted by atomic mass is 16.4. The molecule has 18 heavy (non-hydrogen) atoms. The predicted octanol–water partition coefficient (Wildman–Crippen LogP) is 2.06. The van der Waals surface area contributed by atoms with Crippen molar-refractivity contribution in [1.29, 1.82) is 0 Å². The maximum atomic E-state index is 11.1. The van der Waals surface area contributed by atoms with Gasteiger partial charge in [0, 0.05) is 0 Å². The lowest BCUT2D eigenvalue weighted by Crippen LogP contribution is -2.25. The summed E-state index contributed by atoms with van der Waals surface area (Å²) in [6.07, 6.45) is 2.03. The Balaban J connectivity index is 2.25. The molecule has 0 saturated carbocycles. The molecule has 2 aromatic rings. The lowest BCUT2D eigenvalue weighted by Gasteiger charge is -2.09. The fourth-order valence-corrected chi connectivity index (χ4v) is 1.75. The smallest absolute Gasteiger partial charge is 0.0678 e. The molecule has 2 rings (SSSR count). The first kappa shape index (κ1) is 12.1. The summed E-state index contributed by atoms with van der Waals surface area (Å²) in [7, 11) is 0. The van der Waals surface area contributed by atoms with E-state index in [1.54, 1.807) is 6.08 Å². The Kier molecular flexibility index (Phi) is 3.92. The van der Waals surface area contributed by atoms with Gasteiger partial charge in [-0.2, -0.15) is 0 Å². The van der Waals surface area contributed by atoms with Gasteiger partial charge in [-0.1, -0.05) is 60.7 Å². The summed E-state index contributed by atoms with van der Waals surface area (Å²) in [4.78, 5) is 11.1. The molecule has 0 amide bonds. The fraction of sp³-hybridized carbons (Fsp3) is 0.0625. The molecule has 0 aliphatic rings. The van der Waals surface area contributed by atoms with Gasteiger partial charge in [0.15, 0.2) is 0 Å². The lowest BCUT2D eigenvalue weighted by atomic mass is 10.0. The number of rotatable bonds is 4. The number of benzene rings is 2. The molecular formula is C16H13O2-. The molecule has 0 aromatic heterocycles. The molecule has 0 radical (unpaired) electrons. The van der Waals surface area contributed by atoms with Gasteiger partial charge in [-0.15, -0.1) is 0 Å². The second kappa shape index (κ2) is 5.82. The van der Waals surface area contributed by atoms with Gasteiger partial charge >= 0.3 is 0 Å². The second-order valence-corrected chi connectivity index (χ2v) is 4.03. The zero-order chi connectivity index (χ0) is 12.8. The lowest BCUT2D eigenvalue weighted by molar-refractivity contribution is -0.299. The van der Waals surface area contributed by atoms with Crippen LogP contribution in [-0.2, 0) is 11.2 Å². The summed E-state index contributed by atoms with van der Waals surface area (Å²) in [6, 6.07) is 18.9. The van der Waals surface area contributed by atoms with Gasteiger partial charge < -0.3 is 9.90 Å². The normalized spacial score (nSPS) is 11.2. The summed E-state index contributed by atoms with van der Waals surface area (Å²) in [6.45, 7) is 0. The Morgan fingerprint density at radius 3 is 2.06 bits per heavy atom. The van der Waals surface area contributed by atoms with Crippen molar-refractivity contribution in [2.24, 2.45) is 0 Å². The number of carboxylic acid groups (broad SMARTS) is 1. The van der Waals surface area contributed by atoms with Crippen molar-refractivity contribution in [2.45, 2.75) is 6.42 Å². The van der Waals surface area contributed by atoms with E-state index in [-0.39, 0.29) is 5.57 Å². The predicted molar refractivity (Wildman–Crippen MR) is 69.6 cm³/mol. The number of carbonyl (C=O) groups is 1. The monoisotopic (exact) mass is 237 g/mol. The van der Waals surface area contributed by atoms with Crippen molar-refractivity contribution in [3.8, 4) is 0 Å². The average molecular weight is 237 g/mol. The Hall–Kier alpha value is -2.35. The maximum Gasteiger partial charge on any atom is 0.0678 e. The van der Waals surface area contributed by atoms with Crippen LogP contribution in [0, 0.1) is 0 Å². The van der Waals surface area contributed by atoms with E-state index in [4.69, 9.17) is 0 Å². The molecule has 0 aliphatic heterocycles. The van der Waals surface area contributed by atoms with Crippen molar-refractivity contribution in [2.75, 3.05) is 0 Å². The Bertz CT molecular complexity index is 542. The molecule has 0 saturated heterocycles. The van der Waals surface area contributed by atoms with Crippen LogP contribution in [0.5, 0.6) is 0 Å². The maximum absolute atomic E-state index is 11.1. The molecule has 0 heterocycles.